The number of carbonyl (C=O) groups excluding carboxylic acids is 1. The fourth-order valence-corrected chi connectivity index (χ4v) is 4.24. The fraction of sp³-hybridized carbons (Fsp3) is 0.400. The number of hydrogen-bond acceptors (Lipinski definition) is 3. The maximum absolute atomic E-state index is 14.0. The summed E-state index contributed by atoms with van der Waals surface area (Å²) in [6.45, 7) is 5.56. The summed E-state index contributed by atoms with van der Waals surface area (Å²) in [6.07, 6.45) is -3.98. The Hall–Kier alpha value is -2.64. The largest absolute Gasteiger partial charge is 0.433 e. The minimum absolute atomic E-state index is 0.0326. The Kier molecular flexibility index (Phi) is 3.96. The average molecular weight is 393 g/mol. The van der Waals surface area contributed by atoms with Crippen LogP contribution in [0.2, 0.25) is 0 Å². The highest BCUT2D eigenvalue weighted by molar-refractivity contribution is 6.01. The van der Waals surface area contributed by atoms with Crippen LogP contribution in [0.4, 0.5) is 23.4 Å². The molecule has 0 saturated heterocycles. The molecular formula is C20H19F4N3O. The van der Waals surface area contributed by atoms with Crippen LogP contribution in [0.25, 0.3) is 0 Å². The first-order valence-corrected chi connectivity index (χ1v) is 8.93. The monoisotopic (exact) mass is 393 g/mol. The lowest BCUT2D eigenvalue weighted by molar-refractivity contribution is -0.142. The van der Waals surface area contributed by atoms with Crippen molar-refractivity contribution in [2.45, 2.75) is 45.7 Å². The van der Waals surface area contributed by atoms with E-state index in [-0.39, 0.29) is 34.6 Å². The van der Waals surface area contributed by atoms with Gasteiger partial charge in [-0.05, 0) is 42.0 Å². The Bertz CT molecular complexity index is 1020. The Balaban J connectivity index is 2.01. The number of aryl methyl sites for hydroxylation is 1. The molecule has 2 heterocycles. The SMILES string of the molecule is Cc1ccc(F)cc1C1C2=C(CC(C)(C)CC2=O)Nc2n[nH]c(C(F)(F)F)c21. The molecule has 8 heteroatoms. The van der Waals surface area contributed by atoms with E-state index in [9.17, 15) is 22.4 Å². The van der Waals surface area contributed by atoms with Crippen molar-refractivity contribution in [3.63, 3.8) is 0 Å². The molecule has 0 radical (unpaired) electrons. The van der Waals surface area contributed by atoms with Gasteiger partial charge in [0.1, 0.15) is 11.5 Å². The van der Waals surface area contributed by atoms with Gasteiger partial charge < -0.3 is 5.32 Å². The van der Waals surface area contributed by atoms with Gasteiger partial charge in [0.2, 0.25) is 0 Å². The number of fused-ring (bicyclic) bond motifs is 1. The molecule has 28 heavy (non-hydrogen) atoms. The highest BCUT2D eigenvalue weighted by Crippen LogP contribution is 2.51. The van der Waals surface area contributed by atoms with Gasteiger partial charge in [0.05, 0.1) is 0 Å². The van der Waals surface area contributed by atoms with Crippen molar-refractivity contribution in [2.24, 2.45) is 5.41 Å². The number of Topliss-reactive ketones (excluding diaryl/α,β-unsaturated/α-hetero) is 1. The molecule has 0 fully saturated rings. The molecule has 1 aliphatic carbocycles. The molecular weight excluding hydrogens is 374 g/mol. The summed E-state index contributed by atoms with van der Waals surface area (Å²) >= 11 is 0. The first-order valence-electron chi connectivity index (χ1n) is 8.93. The van der Waals surface area contributed by atoms with Crippen molar-refractivity contribution in [3.8, 4) is 0 Å². The summed E-state index contributed by atoms with van der Waals surface area (Å²) < 4.78 is 55.0. The molecule has 0 bridgehead atoms. The maximum Gasteiger partial charge on any atom is 0.433 e. The lowest BCUT2D eigenvalue weighted by atomic mass is 9.68. The molecule has 2 N–H and O–H groups in total. The number of alkyl halides is 3. The Morgan fingerprint density at radius 1 is 1.21 bits per heavy atom. The van der Waals surface area contributed by atoms with Gasteiger partial charge in [-0.1, -0.05) is 19.9 Å². The molecule has 1 aliphatic heterocycles. The first-order chi connectivity index (χ1) is 13.0. The number of aromatic nitrogens is 2. The fourth-order valence-electron chi connectivity index (χ4n) is 4.24. The van der Waals surface area contributed by atoms with Gasteiger partial charge in [0.25, 0.3) is 0 Å². The number of nitrogens with zero attached hydrogens (tertiary/aromatic N) is 1. The number of rotatable bonds is 1. The van der Waals surface area contributed by atoms with E-state index in [0.717, 1.165) is 0 Å². The standard InChI is InChI=1S/C20H19F4N3O/c1-9-4-5-10(21)6-11(9)14-15-12(7-19(2,3)8-13(15)28)25-18-16(14)17(26-27-18)20(22,23)24/h4-6,14H,7-8H2,1-3H3,(H2,25,26,27). The molecule has 2 aromatic rings. The smallest absolute Gasteiger partial charge is 0.342 e. The molecule has 0 spiro atoms. The molecule has 1 atom stereocenters. The first kappa shape index (κ1) is 18.7. The molecule has 1 aromatic heterocycles. The van der Waals surface area contributed by atoms with E-state index in [1.54, 1.807) is 6.92 Å². The zero-order valence-electron chi connectivity index (χ0n) is 15.6. The van der Waals surface area contributed by atoms with Gasteiger partial charge >= 0.3 is 6.18 Å². The lowest BCUT2D eigenvalue weighted by Crippen LogP contribution is -2.34. The third-order valence-electron chi connectivity index (χ3n) is 5.41. The third-order valence-corrected chi connectivity index (χ3v) is 5.41. The number of H-pyrrole nitrogens is 1. The predicted octanol–water partition coefficient (Wildman–Crippen LogP) is 5.08. The van der Waals surface area contributed by atoms with Crippen molar-refractivity contribution in [2.75, 3.05) is 5.32 Å². The quantitative estimate of drug-likeness (QED) is 0.665. The van der Waals surface area contributed by atoms with E-state index >= 15 is 0 Å². The van der Waals surface area contributed by atoms with Gasteiger partial charge in [-0.15, -0.1) is 0 Å². The molecule has 4 rings (SSSR count). The summed E-state index contributed by atoms with van der Waals surface area (Å²) in [5.74, 6) is -1.79. The Morgan fingerprint density at radius 2 is 1.93 bits per heavy atom. The number of carbonyl (C=O) groups is 1. The molecule has 4 nitrogen and oxygen atoms in total. The van der Waals surface area contributed by atoms with Crippen molar-refractivity contribution < 1.29 is 22.4 Å². The second-order valence-electron chi connectivity index (χ2n) is 8.25. The highest BCUT2D eigenvalue weighted by Gasteiger charge is 2.47. The topological polar surface area (TPSA) is 57.8 Å². The normalized spacial score (nSPS) is 21.2. The highest BCUT2D eigenvalue weighted by atomic mass is 19.4. The number of hydrogen-bond donors (Lipinski definition) is 2. The van der Waals surface area contributed by atoms with E-state index in [0.29, 0.717) is 23.2 Å². The number of halogens is 4. The number of nitrogens with one attached hydrogen (secondary N) is 2. The van der Waals surface area contributed by atoms with E-state index in [1.807, 2.05) is 13.8 Å². The van der Waals surface area contributed by atoms with Gasteiger partial charge in [0, 0.05) is 29.2 Å². The number of aromatic amines is 1. The van der Waals surface area contributed by atoms with Crippen LogP contribution in [-0.4, -0.2) is 16.0 Å². The molecule has 1 aromatic carbocycles. The van der Waals surface area contributed by atoms with Crippen LogP contribution in [-0.2, 0) is 11.0 Å². The number of allylic oxidation sites excluding steroid dienone is 2. The van der Waals surface area contributed by atoms with Crippen molar-refractivity contribution in [3.05, 3.63) is 57.7 Å². The number of ketones is 1. The van der Waals surface area contributed by atoms with Crippen molar-refractivity contribution >= 4 is 11.6 Å². The average Bonchev–Trinajstić information content (AvgIpc) is 2.98. The van der Waals surface area contributed by atoms with E-state index in [4.69, 9.17) is 0 Å². The predicted molar refractivity (Wildman–Crippen MR) is 95.2 cm³/mol. The van der Waals surface area contributed by atoms with Gasteiger partial charge in [0.15, 0.2) is 11.6 Å². The van der Waals surface area contributed by atoms with Gasteiger partial charge in [-0.3, -0.25) is 9.89 Å². The van der Waals surface area contributed by atoms with Crippen molar-refractivity contribution in [1.82, 2.24) is 10.2 Å². The molecule has 0 amide bonds. The summed E-state index contributed by atoms with van der Waals surface area (Å²) in [6, 6.07) is 3.97. The van der Waals surface area contributed by atoms with Crippen molar-refractivity contribution in [1.29, 1.82) is 0 Å². The van der Waals surface area contributed by atoms with E-state index in [2.05, 4.69) is 15.5 Å². The summed E-state index contributed by atoms with van der Waals surface area (Å²) in [7, 11) is 0. The second kappa shape index (κ2) is 5.93. The summed E-state index contributed by atoms with van der Waals surface area (Å²) in [4.78, 5) is 13.0. The number of benzene rings is 1. The van der Waals surface area contributed by atoms with Crippen LogP contribution < -0.4 is 5.32 Å². The molecule has 148 valence electrons. The minimum atomic E-state index is -4.68. The van der Waals surface area contributed by atoms with Crippen LogP contribution in [0.5, 0.6) is 0 Å². The van der Waals surface area contributed by atoms with Gasteiger partial charge in [-0.2, -0.15) is 18.3 Å². The maximum atomic E-state index is 14.0. The number of anilines is 1. The third kappa shape index (κ3) is 2.91. The molecule has 1 unspecified atom stereocenters. The Labute approximate surface area is 159 Å². The lowest BCUT2D eigenvalue weighted by Gasteiger charge is -2.38. The van der Waals surface area contributed by atoms with Crippen LogP contribution in [0, 0.1) is 18.2 Å². The van der Waals surface area contributed by atoms with E-state index in [1.165, 1.54) is 18.2 Å². The van der Waals surface area contributed by atoms with Gasteiger partial charge in [-0.25, -0.2) is 4.39 Å². The molecule has 0 saturated carbocycles. The molecule has 2 aliphatic rings. The van der Waals surface area contributed by atoms with Crippen LogP contribution >= 0.6 is 0 Å². The summed E-state index contributed by atoms with van der Waals surface area (Å²) in [5.41, 5.74) is 0.273. The van der Waals surface area contributed by atoms with Crippen LogP contribution in [0.3, 0.4) is 0 Å². The van der Waals surface area contributed by atoms with E-state index < -0.39 is 23.6 Å². The Morgan fingerprint density at radius 3 is 2.61 bits per heavy atom. The zero-order valence-corrected chi connectivity index (χ0v) is 15.6. The zero-order chi connectivity index (χ0) is 20.4. The van der Waals surface area contributed by atoms with Crippen LogP contribution in [0.1, 0.15) is 55.0 Å². The minimum Gasteiger partial charge on any atom is -0.342 e. The second-order valence-corrected chi connectivity index (χ2v) is 8.25. The van der Waals surface area contributed by atoms with Crippen LogP contribution in [0.15, 0.2) is 29.5 Å². The summed E-state index contributed by atoms with van der Waals surface area (Å²) in [5, 5.41) is 8.82.